The summed E-state index contributed by atoms with van der Waals surface area (Å²) in [6.07, 6.45) is -1.42. The molecule has 0 aliphatic heterocycles. The van der Waals surface area contributed by atoms with Crippen molar-refractivity contribution < 1.29 is 29.3 Å². The molecule has 0 aromatic heterocycles. The molecule has 0 aromatic rings. The van der Waals surface area contributed by atoms with Crippen LogP contribution in [-0.2, 0) is 14.2 Å². The molecule has 7 heteroatoms. The lowest BCUT2D eigenvalue weighted by Crippen LogP contribution is -2.37. The van der Waals surface area contributed by atoms with Gasteiger partial charge in [0, 0.05) is 11.9 Å². The summed E-state index contributed by atoms with van der Waals surface area (Å²) in [7, 11) is -2.66. The molecule has 6 nitrogen and oxygen atoms in total. The highest BCUT2D eigenvalue weighted by atomic mass is 31.1. The summed E-state index contributed by atoms with van der Waals surface area (Å²) in [5, 5.41) is 20.0. The van der Waals surface area contributed by atoms with Gasteiger partial charge in [-0.05, 0) is 11.0 Å². The molecular formula is C5H6O6P-. The lowest BCUT2D eigenvalue weighted by atomic mass is 10.1. The topological polar surface area (TPSA) is 118 Å². The van der Waals surface area contributed by atoms with Crippen LogP contribution in [0.4, 0.5) is 0 Å². The molecule has 0 bridgehead atoms. The average Bonchev–Trinajstić information content (AvgIpc) is 1.83. The minimum atomic E-state index is -2.66. The van der Waals surface area contributed by atoms with E-state index in [2.05, 4.69) is 0 Å². The Hall–Kier alpha value is -1.00. The molecule has 1 unspecified atom stereocenters. The smallest absolute Gasteiger partial charge is 0.506 e. The highest BCUT2D eigenvalue weighted by molar-refractivity contribution is 7.38. The lowest BCUT2D eigenvalue weighted by molar-refractivity contribution is -0.319. The molecule has 2 atom stereocenters. The van der Waals surface area contributed by atoms with E-state index in [0.29, 0.717) is 0 Å². The van der Waals surface area contributed by atoms with Crippen LogP contribution in [0.1, 0.15) is 6.42 Å². The molecule has 0 aliphatic carbocycles. The van der Waals surface area contributed by atoms with Gasteiger partial charge in [0.05, 0.1) is 5.92 Å². The van der Waals surface area contributed by atoms with Crippen molar-refractivity contribution in [3.8, 4) is 0 Å². The van der Waals surface area contributed by atoms with Crippen molar-refractivity contribution >= 4 is 20.0 Å². The third-order valence-electron chi connectivity index (χ3n) is 1.12. The standard InChI is InChI=1S/C5H7O6P/c6-4(7)1-3(5(8)9)2-12(10)11/h3H,1-2H2,(H2-,6,7,8,9,10,11)/p-1/t3-/m1/s1. The van der Waals surface area contributed by atoms with Crippen LogP contribution in [0, 0.1) is 5.92 Å². The van der Waals surface area contributed by atoms with E-state index in [1.807, 2.05) is 0 Å². The van der Waals surface area contributed by atoms with Crippen LogP contribution < -0.4 is 10.2 Å². The van der Waals surface area contributed by atoms with Gasteiger partial charge in [-0.15, -0.1) is 0 Å². The molecule has 0 fully saturated rings. The number of carbonyl (C=O) groups excluding carboxylic acids is 2. The SMILES string of the molecule is O=C([O-])C[C@H](C[P+](=O)O)C(=O)[O-]. The second kappa shape index (κ2) is 4.79. The van der Waals surface area contributed by atoms with Gasteiger partial charge in [-0.3, -0.25) is 0 Å². The summed E-state index contributed by atoms with van der Waals surface area (Å²) in [5.74, 6) is -4.69. The first-order valence-corrected chi connectivity index (χ1v) is 4.37. The van der Waals surface area contributed by atoms with E-state index in [4.69, 9.17) is 4.89 Å². The van der Waals surface area contributed by atoms with Gasteiger partial charge in [0.1, 0.15) is 0 Å². The minimum absolute atomic E-state index is 0.619. The second-order valence-corrected chi connectivity index (χ2v) is 3.20. The maximum Gasteiger partial charge on any atom is 0.506 e. The van der Waals surface area contributed by atoms with Crippen molar-refractivity contribution in [3.63, 3.8) is 0 Å². The Morgan fingerprint density at radius 3 is 2.17 bits per heavy atom. The Bertz CT molecular complexity index is 196. The number of aliphatic carboxylic acids is 2. The molecule has 68 valence electrons. The van der Waals surface area contributed by atoms with Gasteiger partial charge in [-0.25, -0.2) is 0 Å². The van der Waals surface area contributed by atoms with E-state index in [1.165, 1.54) is 0 Å². The van der Waals surface area contributed by atoms with Crippen LogP contribution >= 0.6 is 8.03 Å². The van der Waals surface area contributed by atoms with Crippen LogP contribution in [-0.4, -0.2) is 23.0 Å². The molecular weight excluding hydrogens is 187 g/mol. The average molecular weight is 193 g/mol. The van der Waals surface area contributed by atoms with Gasteiger partial charge in [0.15, 0.2) is 6.16 Å². The normalized spacial score (nSPS) is 13.6. The Kier molecular flexibility index (Phi) is 4.39. The first kappa shape index (κ1) is 11.0. The largest absolute Gasteiger partial charge is 0.550 e. The molecule has 0 aromatic carbocycles. The molecule has 0 radical (unpaired) electrons. The molecule has 0 heterocycles. The monoisotopic (exact) mass is 193 g/mol. The number of carbonyl (C=O) groups is 2. The molecule has 0 spiro atoms. The summed E-state index contributed by atoms with van der Waals surface area (Å²) < 4.78 is 10.1. The molecule has 0 saturated heterocycles. The fourth-order valence-electron chi connectivity index (χ4n) is 0.612. The van der Waals surface area contributed by atoms with Gasteiger partial charge < -0.3 is 19.8 Å². The zero-order valence-electron chi connectivity index (χ0n) is 5.93. The molecule has 1 N–H and O–H groups in total. The van der Waals surface area contributed by atoms with Crippen molar-refractivity contribution in [2.24, 2.45) is 5.92 Å². The van der Waals surface area contributed by atoms with Gasteiger partial charge >= 0.3 is 8.03 Å². The Morgan fingerprint density at radius 1 is 1.42 bits per heavy atom. The summed E-state index contributed by atoms with van der Waals surface area (Å²) in [6, 6.07) is 0. The predicted molar refractivity (Wildman–Crippen MR) is 32.8 cm³/mol. The third kappa shape index (κ3) is 4.76. The Morgan fingerprint density at radius 2 is 1.92 bits per heavy atom. The molecule has 0 saturated carbocycles. The zero-order chi connectivity index (χ0) is 9.72. The van der Waals surface area contributed by atoms with Crippen LogP contribution in [0.15, 0.2) is 0 Å². The van der Waals surface area contributed by atoms with Gasteiger partial charge in [-0.2, -0.15) is 4.89 Å². The molecule has 0 aliphatic rings. The van der Waals surface area contributed by atoms with Crippen molar-refractivity contribution in [2.75, 3.05) is 6.16 Å². The highest BCUT2D eigenvalue weighted by Gasteiger charge is 2.22. The number of hydrogen-bond acceptors (Lipinski definition) is 5. The first-order valence-electron chi connectivity index (χ1n) is 2.97. The van der Waals surface area contributed by atoms with Crippen LogP contribution in [0.2, 0.25) is 0 Å². The fraction of sp³-hybridized carbons (Fsp3) is 0.600. The Balaban J connectivity index is 4.14. The summed E-state index contributed by atoms with van der Waals surface area (Å²) in [6.45, 7) is 0. The maximum atomic E-state index is 10.1. The maximum absolute atomic E-state index is 10.1. The number of hydrogen-bond donors (Lipinski definition) is 1. The molecule has 0 rings (SSSR count). The van der Waals surface area contributed by atoms with Crippen LogP contribution in [0.3, 0.4) is 0 Å². The van der Waals surface area contributed by atoms with E-state index in [-0.39, 0.29) is 0 Å². The number of carboxylic acid groups (broad SMARTS) is 2. The molecule has 12 heavy (non-hydrogen) atoms. The summed E-state index contributed by atoms with van der Waals surface area (Å²) in [5.41, 5.74) is 0. The van der Waals surface area contributed by atoms with Gasteiger partial charge in [-0.1, -0.05) is 0 Å². The predicted octanol–water partition coefficient (Wildman–Crippen LogP) is -2.77. The van der Waals surface area contributed by atoms with E-state index >= 15 is 0 Å². The van der Waals surface area contributed by atoms with Crippen molar-refractivity contribution in [1.29, 1.82) is 0 Å². The zero-order valence-corrected chi connectivity index (χ0v) is 6.82. The quantitative estimate of drug-likeness (QED) is 0.472. The molecule has 0 amide bonds. The number of carboxylic acids is 2. The van der Waals surface area contributed by atoms with Gasteiger partial charge in [0.25, 0.3) is 0 Å². The van der Waals surface area contributed by atoms with E-state index < -0.39 is 38.5 Å². The minimum Gasteiger partial charge on any atom is -0.550 e. The fourth-order valence-corrected chi connectivity index (χ4v) is 1.27. The third-order valence-corrected chi connectivity index (χ3v) is 1.88. The summed E-state index contributed by atoms with van der Waals surface area (Å²) in [4.78, 5) is 28.3. The van der Waals surface area contributed by atoms with Crippen molar-refractivity contribution in [3.05, 3.63) is 0 Å². The number of rotatable bonds is 5. The van der Waals surface area contributed by atoms with Crippen LogP contribution in [0.5, 0.6) is 0 Å². The van der Waals surface area contributed by atoms with E-state index in [1.54, 1.807) is 0 Å². The van der Waals surface area contributed by atoms with E-state index in [0.717, 1.165) is 0 Å². The van der Waals surface area contributed by atoms with E-state index in [9.17, 15) is 24.4 Å². The van der Waals surface area contributed by atoms with Gasteiger partial charge in [0.2, 0.25) is 0 Å². The van der Waals surface area contributed by atoms with Crippen LogP contribution in [0.25, 0.3) is 0 Å². The lowest BCUT2D eigenvalue weighted by Gasteiger charge is -2.12. The van der Waals surface area contributed by atoms with Crippen molar-refractivity contribution in [1.82, 2.24) is 0 Å². The first-order chi connectivity index (χ1) is 5.43. The Labute approximate surface area is 68.7 Å². The highest BCUT2D eigenvalue weighted by Crippen LogP contribution is 2.19. The second-order valence-electron chi connectivity index (χ2n) is 2.13. The summed E-state index contributed by atoms with van der Waals surface area (Å²) >= 11 is 0. The van der Waals surface area contributed by atoms with Crippen molar-refractivity contribution in [2.45, 2.75) is 6.42 Å².